The van der Waals surface area contributed by atoms with Gasteiger partial charge in [0.25, 0.3) is 0 Å². The summed E-state index contributed by atoms with van der Waals surface area (Å²) in [5.74, 6) is 2.46. The number of imidazole rings is 1. The maximum Gasteiger partial charge on any atom is 0.177 e. The van der Waals surface area contributed by atoms with Crippen molar-refractivity contribution < 1.29 is 4.74 Å². The Labute approximate surface area is 170 Å². The molecule has 3 aromatic rings. The third-order valence-corrected chi connectivity index (χ3v) is 6.10. The van der Waals surface area contributed by atoms with Crippen molar-refractivity contribution in [1.82, 2.24) is 34.3 Å². The van der Waals surface area contributed by atoms with Crippen LogP contribution in [0.5, 0.6) is 0 Å². The average Bonchev–Trinajstić information content (AvgIpc) is 3.32. The molecule has 0 N–H and O–H groups in total. The van der Waals surface area contributed by atoms with Crippen LogP contribution in [0.25, 0.3) is 5.65 Å². The molecule has 0 atom stereocenters. The Balaban J connectivity index is 1.29. The molecule has 2 aliphatic heterocycles. The van der Waals surface area contributed by atoms with Crippen LogP contribution < -0.4 is 0 Å². The predicted octanol–water partition coefficient (Wildman–Crippen LogP) is 2.53. The van der Waals surface area contributed by atoms with Crippen LogP contribution in [-0.2, 0) is 29.8 Å². The summed E-state index contributed by atoms with van der Waals surface area (Å²) >= 11 is 0. The van der Waals surface area contributed by atoms with Crippen molar-refractivity contribution in [3.63, 3.8) is 0 Å². The predicted molar refractivity (Wildman–Crippen MR) is 109 cm³/mol. The summed E-state index contributed by atoms with van der Waals surface area (Å²) in [6, 6.07) is 4.10. The third kappa shape index (κ3) is 3.55. The summed E-state index contributed by atoms with van der Waals surface area (Å²) in [7, 11) is 0. The van der Waals surface area contributed by atoms with E-state index in [1.165, 1.54) is 5.69 Å². The number of fused-ring (bicyclic) bond motifs is 2. The Morgan fingerprint density at radius 2 is 1.93 bits per heavy atom. The fourth-order valence-electron chi connectivity index (χ4n) is 4.33. The number of hydrogen-bond acceptors (Lipinski definition) is 6. The highest BCUT2D eigenvalue weighted by Gasteiger charge is 2.27. The fourth-order valence-corrected chi connectivity index (χ4v) is 4.33. The number of likely N-dealkylation sites (tertiary alicyclic amines) is 1. The molecule has 29 heavy (non-hydrogen) atoms. The van der Waals surface area contributed by atoms with E-state index in [0.717, 1.165) is 68.6 Å². The van der Waals surface area contributed by atoms with E-state index in [-0.39, 0.29) is 5.41 Å². The largest absolute Gasteiger partial charge is 0.372 e. The number of aromatic nitrogens is 6. The lowest BCUT2D eigenvalue weighted by Crippen LogP contribution is -2.34. The van der Waals surface area contributed by atoms with Gasteiger partial charge in [-0.25, -0.2) is 4.98 Å². The van der Waals surface area contributed by atoms with Crippen molar-refractivity contribution in [2.24, 2.45) is 0 Å². The molecule has 5 heterocycles. The van der Waals surface area contributed by atoms with Gasteiger partial charge in [0.05, 0.1) is 18.0 Å². The van der Waals surface area contributed by atoms with Crippen LogP contribution in [0, 0.1) is 0 Å². The lowest BCUT2D eigenvalue weighted by molar-refractivity contribution is 0.0792. The van der Waals surface area contributed by atoms with Crippen molar-refractivity contribution in [3.8, 4) is 0 Å². The number of hydrogen-bond donors (Lipinski definition) is 0. The van der Waals surface area contributed by atoms with E-state index in [2.05, 4.69) is 51.5 Å². The molecule has 0 unspecified atom stereocenters. The highest BCUT2D eigenvalue weighted by molar-refractivity contribution is 5.37. The number of piperidine rings is 1. The van der Waals surface area contributed by atoms with E-state index in [1.54, 1.807) is 0 Å². The summed E-state index contributed by atoms with van der Waals surface area (Å²) in [4.78, 5) is 7.04. The van der Waals surface area contributed by atoms with Gasteiger partial charge < -0.3 is 9.30 Å². The highest BCUT2D eigenvalue weighted by atomic mass is 16.5. The molecule has 0 aromatic carbocycles. The SMILES string of the molecule is CC(C)(C)c1ccc2nnc(C3CCN(Cc4cnc5n4CCOC5)CC3)n2n1. The number of nitrogens with zero attached hydrogens (tertiary/aromatic N) is 7. The van der Waals surface area contributed by atoms with E-state index >= 15 is 0 Å². The summed E-state index contributed by atoms with van der Waals surface area (Å²) in [5.41, 5.74) is 3.21. The first-order valence-electron chi connectivity index (χ1n) is 10.6. The number of rotatable bonds is 3. The van der Waals surface area contributed by atoms with Gasteiger partial charge >= 0.3 is 0 Å². The summed E-state index contributed by atoms with van der Waals surface area (Å²) < 4.78 is 9.79. The van der Waals surface area contributed by atoms with Gasteiger partial charge in [0, 0.05) is 30.6 Å². The van der Waals surface area contributed by atoms with E-state index in [0.29, 0.717) is 12.5 Å². The van der Waals surface area contributed by atoms with Gasteiger partial charge in [0.2, 0.25) is 0 Å². The molecule has 2 aliphatic rings. The van der Waals surface area contributed by atoms with Gasteiger partial charge in [0.1, 0.15) is 12.4 Å². The maximum absolute atomic E-state index is 5.50. The minimum absolute atomic E-state index is 0.00845. The van der Waals surface area contributed by atoms with Gasteiger partial charge in [-0.05, 0) is 38.1 Å². The zero-order chi connectivity index (χ0) is 20.0. The highest BCUT2D eigenvalue weighted by Crippen LogP contribution is 2.29. The first-order valence-corrected chi connectivity index (χ1v) is 10.6. The zero-order valence-corrected chi connectivity index (χ0v) is 17.5. The lowest BCUT2D eigenvalue weighted by atomic mass is 9.92. The van der Waals surface area contributed by atoms with Crippen LogP contribution in [-0.4, -0.2) is 54.0 Å². The third-order valence-electron chi connectivity index (χ3n) is 6.10. The molecule has 0 bridgehead atoms. The molecular weight excluding hydrogens is 366 g/mol. The minimum atomic E-state index is 0.00845. The fraction of sp³-hybridized carbons (Fsp3) is 0.619. The van der Waals surface area contributed by atoms with E-state index < -0.39 is 0 Å². The molecule has 5 rings (SSSR count). The molecule has 0 saturated carbocycles. The average molecular weight is 396 g/mol. The monoisotopic (exact) mass is 395 g/mol. The van der Waals surface area contributed by atoms with Crippen molar-refractivity contribution >= 4 is 5.65 Å². The van der Waals surface area contributed by atoms with Crippen LogP contribution in [0.2, 0.25) is 0 Å². The Morgan fingerprint density at radius 1 is 1.10 bits per heavy atom. The van der Waals surface area contributed by atoms with Crippen molar-refractivity contribution in [2.45, 2.75) is 64.6 Å². The van der Waals surface area contributed by atoms with E-state index in [1.807, 2.05) is 16.8 Å². The second kappa shape index (κ2) is 7.18. The first kappa shape index (κ1) is 18.7. The second-order valence-corrected chi connectivity index (χ2v) is 9.22. The molecule has 8 nitrogen and oxygen atoms in total. The van der Waals surface area contributed by atoms with E-state index in [9.17, 15) is 0 Å². The van der Waals surface area contributed by atoms with Crippen LogP contribution >= 0.6 is 0 Å². The molecular formula is C21H29N7O. The Hall–Kier alpha value is -2.32. The van der Waals surface area contributed by atoms with E-state index in [4.69, 9.17) is 9.84 Å². The van der Waals surface area contributed by atoms with Gasteiger partial charge in [-0.3, -0.25) is 4.90 Å². The maximum atomic E-state index is 5.50. The minimum Gasteiger partial charge on any atom is -0.372 e. The normalized spacial score (nSPS) is 19.0. The standard InChI is InChI=1S/C21H29N7O/c1-21(2,3)17-4-5-18-23-24-20(28(18)25-17)15-6-8-26(9-7-15)13-16-12-22-19-14-29-11-10-27(16)19/h4-5,12,15H,6-11,13-14H2,1-3H3. The Bertz CT molecular complexity index is 1010. The van der Waals surface area contributed by atoms with Crippen LogP contribution in [0.3, 0.4) is 0 Å². The number of ether oxygens (including phenoxy) is 1. The molecule has 0 spiro atoms. The first-order chi connectivity index (χ1) is 14.0. The molecule has 1 saturated heterocycles. The van der Waals surface area contributed by atoms with Crippen molar-refractivity contribution in [3.05, 3.63) is 41.4 Å². The molecule has 1 fully saturated rings. The molecule has 0 radical (unpaired) electrons. The second-order valence-electron chi connectivity index (χ2n) is 9.22. The van der Waals surface area contributed by atoms with Gasteiger partial charge in [0.15, 0.2) is 11.5 Å². The van der Waals surface area contributed by atoms with Crippen molar-refractivity contribution in [1.29, 1.82) is 0 Å². The zero-order valence-electron chi connectivity index (χ0n) is 17.5. The molecule has 154 valence electrons. The van der Waals surface area contributed by atoms with Gasteiger partial charge in [-0.2, -0.15) is 9.61 Å². The molecule has 8 heteroatoms. The molecule has 0 amide bonds. The van der Waals surface area contributed by atoms with Crippen LogP contribution in [0.1, 0.15) is 62.6 Å². The molecule has 3 aromatic heterocycles. The quantitative estimate of drug-likeness (QED) is 0.679. The molecule has 0 aliphatic carbocycles. The Morgan fingerprint density at radius 3 is 2.72 bits per heavy atom. The van der Waals surface area contributed by atoms with Crippen LogP contribution in [0.15, 0.2) is 18.3 Å². The summed E-state index contributed by atoms with van der Waals surface area (Å²) in [6.07, 6.45) is 4.17. The summed E-state index contributed by atoms with van der Waals surface area (Å²) in [5, 5.41) is 13.7. The van der Waals surface area contributed by atoms with Crippen LogP contribution in [0.4, 0.5) is 0 Å². The topological polar surface area (TPSA) is 73.4 Å². The Kier molecular flexibility index (Phi) is 4.63. The van der Waals surface area contributed by atoms with Gasteiger partial charge in [-0.1, -0.05) is 20.8 Å². The van der Waals surface area contributed by atoms with Gasteiger partial charge in [-0.15, -0.1) is 10.2 Å². The lowest BCUT2D eigenvalue weighted by Gasteiger charge is -2.31. The smallest absolute Gasteiger partial charge is 0.177 e. The summed E-state index contributed by atoms with van der Waals surface area (Å²) in [6.45, 7) is 11.9. The van der Waals surface area contributed by atoms with Crippen molar-refractivity contribution in [2.75, 3.05) is 19.7 Å².